The fourth-order valence-electron chi connectivity index (χ4n) is 2.14. The van der Waals surface area contributed by atoms with Gasteiger partial charge in [-0.3, -0.25) is 0 Å². The zero-order valence-electron chi connectivity index (χ0n) is 12.4. The lowest BCUT2D eigenvalue weighted by molar-refractivity contribution is 0.169. The Morgan fingerprint density at radius 1 is 1.37 bits per heavy atom. The second-order valence-electron chi connectivity index (χ2n) is 4.67. The van der Waals surface area contributed by atoms with Crippen LogP contribution in [0.15, 0.2) is 18.2 Å². The maximum Gasteiger partial charge on any atom is 0.123 e. The number of rotatable bonds is 5. The molecule has 19 heavy (non-hydrogen) atoms. The van der Waals surface area contributed by atoms with Crippen molar-refractivity contribution in [3.05, 3.63) is 29.3 Å². The summed E-state index contributed by atoms with van der Waals surface area (Å²) in [5.41, 5.74) is 2.57. The highest BCUT2D eigenvalue weighted by molar-refractivity contribution is 5.38. The van der Waals surface area contributed by atoms with E-state index in [2.05, 4.69) is 30.4 Å². The molecule has 1 atom stereocenters. The third-order valence-electron chi connectivity index (χ3n) is 3.14. The van der Waals surface area contributed by atoms with Crippen molar-refractivity contribution in [2.24, 2.45) is 0 Å². The topological polar surface area (TPSA) is 41.5 Å². The van der Waals surface area contributed by atoms with Crippen molar-refractivity contribution in [1.82, 2.24) is 5.32 Å². The van der Waals surface area contributed by atoms with E-state index in [0.29, 0.717) is 0 Å². The van der Waals surface area contributed by atoms with Crippen molar-refractivity contribution in [3.8, 4) is 5.75 Å². The summed E-state index contributed by atoms with van der Waals surface area (Å²) in [7, 11) is 0. The van der Waals surface area contributed by atoms with Gasteiger partial charge >= 0.3 is 0 Å². The Balaban J connectivity index is 0.000000861. The Kier molecular flexibility index (Phi) is 7.53. The van der Waals surface area contributed by atoms with Gasteiger partial charge in [-0.1, -0.05) is 26.0 Å². The van der Waals surface area contributed by atoms with E-state index < -0.39 is 0 Å². The van der Waals surface area contributed by atoms with E-state index in [1.807, 2.05) is 13.8 Å². The van der Waals surface area contributed by atoms with Gasteiger partial charge in [0, 0.05) is 13.2 Å². The standard InChI is InChI=1S/C14H21NO2.C2H6/c1-11-3-4-12-5-6-13(17-14(12)9-11)10-15-7-2-8-16;1-2/h3-4,9,13,15-16H,2,5-8,10H2,1H3;1-2H3. The quantitative estimate of drug-likeness (QED) is 0.804. The summed E-state index contributed by atoms with van der Waals surface area (Å²) in [4.78, 5) is 0. The lowest BCUT2D eigenvalue weighted by Gasteiger charge is -2.26. The Morgan fingerprint density at radius 2 is 2.16 bits per heavy atom. The van der Waals surface area contributed by atoms with E-state index >= 15 is 0 Å². The average molecular weight is 265 g/mol. The van der Waals surface area contributed by atoms with Crippen molar-refractivity contribution in [1.29, 1.82) is 0 Å². The zero-order chi connectivity index (χ0) is 14.1. The van der Waals surface area contributed by atoms with E-state index in [-0.39, 0.29) is 12.7 Å². The summed E-state index contributed by atoms with van der Waals surface area (Å²) >= 11 is 0. The van der Waals surface area contributed by atoms with Crippen LogP contribution in [0.2, 0.25) is 0 Å². The average Bonchev–Trinajstić information content (AvgIpc) is 2.45. The molecule has 0 radical (unpaired) electrons. The molecule has 0 fully saturated rings. The van der Waals surface area contributed by atoms with Gasteiger partial charge < -0.3 is 15.2 Å². The van der Waals surface area contributed by atoms with Crippen LogP contribution in [0.25, 0.3) is 0 Å². The Hall–Kier alpha value is -1.06. The van der Waals surface area contributed by atoms with Gasteiger partial charge in [-0.15, -0.1) is 0 Å². The molecular formula is C16H27NO2. The maximum absolute atomic E-state index is 8.69. The molecule has 0 aromatic heterocycles. The Labute approximate surface area is 117 Å². The molecule has 1 heterocycles. The summed E-state index contributed by atoms with van der Waals surface area (Å²) in [6, 6.07) is 6.43. The first-order chi connectivity index (χ1) is 9.29. The predicted molar refractivity (Wildman–Crippen MR) is 79.8 cm³/mol. The number of fused-ring (bicyclic) bond motifs is 1. The second kappa shape index (κ2) is 8.94. The molecule has 0 saturated carbocycles. The van der Waals surface area contributed by atoms with Crippen LogP contribution >= 0.6 is 0 Å². The first-order valence-corrected chi connectivity index (χ1v) is 7.37. The van der Waals surface area contributed by atoms with E-state index in [1.165, 1.54) is 11.1 Å². The molecule has 108 valence electrons. The molecule has 0 aliphatic carbocycles. The highest BCUT2D eigenvalue weighted by Crippen LogP contribution is 2.28. The third kappa shape index (κ3) is 5.21. The van der Waals surface area contributed by atoms with Gasteiger partial charge in [0.1, 0.15) is 11.9 Å². The Morgan fingerprint density at radius 3 is 2.89 bits per heavy atom. The molecule has 3 nitrogen and oxygen atoms in total. The summed E-state index contributed by atoms with van der Waals surface area (Å²) < 4.78 is 5.97. The Bertz CT molecular complexity index is 366. The summed E-state index contributed by atoms with van der Waals surface area (Å²) in [6.07, 6.45) is 3.25. The fraction of sp³-hybridized carbons (Fsp3) is 0.625. The molecule has 2 rings (SSSR count). The number of ether oxygens (including phenoxy) is 1. The number of hydrogen-bond donors (Lipinski definition) is 2. The van der Waals surface area contributed by atoms with Gasteiger partial charge in [-0.25, -0.2) is 0 Å². The number of aliphatic hydroxyl groups excluding tert-OH is 1. The minimum Gasteiger partial charge on any atom is -0.489 e. The summed E-state index contributed by atoms with van der Waals surface area (Å²) in [6.45, 7) is 8.07. The molecule has 1 aromatic carbocycles. The van der Waals surface area contributed by atoms with Crippen molar-refractivity contribution in [2.45, 2.75) is 46.1 Å². The van der Waals surface area contributed by atoms with Crippen LogP contribution in [-0.4, -0.2) is 30.9 Å². The number of hydrogen-bond acceptors (Lipinski definition) is 3. The van der Waals surface area contributed by atoms with Crippen LogP contribution < -0.4 is 10.1 Å². The normalized spacial score (nSPS) is 16.9. The monoisotopic (exact) mass is 265 g/mol. The molecular weight excluding hydrogens is 238 g/mol. The fourth-order valence-corrected chi connectivity index (χ4v) is 2.14. The highest BCUT2D eigenvalue weighted by atomic mass is 16.5. The summed E-state index contributed by atoms with van der Waals surface area (Å²) in [5, 5.41) is 12.0. The highest BCUT2D eigenvalue weighted by Gasteiger charge is 2.18. The van der Waals surface area contributed by atoms with Crippen molar-refractivity contribution in [2.75, 3.05) is 19.7 Å². The van der Waals surface area contributed by atoms with Gasteiger partial charge in [0.15, 0.2) is 0 Å². The number of nitrogens with one attached hydrogen (secondary N) is 1. The van der Waals surface area contributed by atoms with Crippen LogP contribution in [0.4, 0.5) is 0 Å². The minimum absolute atomic E-state index is 0.251. The maximum atomic E-state index is 8.69. The van der Waals surface area contributed by atoms with Gasteiger partial charge in [0.05, 0.1) is 0 Å². The van der Waals surface area contributed by atoms with Crippen molar-refractivity contribution in [3.63, 3.8) is 0 Å². The van der Waals surface area contributed by atoms with E-state index in [0.717, 1.165) is 38.1 Å². The molecule has 0 saturated heterocycles. The van der Waals surface area contributed by atoms with Crippen LogP contribution in [0.1, 0.15) is 37.8 Å². The number of aliphatic hydroxyl groups is 1. The van der Waals surface area contributed by atoms with Gasteiger partial charge in [-0.2, -0.15) is 0 Å². The van der Waals surface area contributed by atoms with Crippen LogP contribution in [0.3, 0.4) is 0 Å². The molecule has 0 bridgehead atoms. The summed E-state index contributed by atoms with van der Waals surface area (Å²) in [5.74, 6) is 1.05. The van der Waals surface area contributed by atoms with Crippen molar-refractivity contribution < 1.29 is 9.84 Å². The van der Waals surface area contributed by atoms with Gasteiger partial charge in [-0.05, 0) is 49.9 Å². The molecule has 1 unspecified atom stereocenters. The van der Waals surface area contributed by atoms with Crippen molar-refractivity contribution >= 4 is 0 Å². The molecule has 3 heteroatoms. The van der Waals surface area contributed by atoms with Crippen LogP contribution in [-0.2, 0) is 6.42 Å². The third-order valence-corrected chi connectivity index (χ3v) is 3.14. The molecule has 1 aliphatic heterocycles. The first-order valence-electron chi connectivity index (χ1n) is 7.37. The minimum atomic E-state index is 0.251. The molecule has 0 amide bonds. The van der Waals surface area contributed by atoms with Gasteiger partial charge in [0.25, 0.3) is 0 Å². The molecule has 1 aromatic rings. The number of benzene rings is 1. The second-order valence-corrected chi connectivity index (χ2v) is 4.67. The number of aryl methyl sites for hydroxylation is 2. The van der Waals surface area contributed by atoms with Gasteiger partial charge in [0.2, 0.25) is 0 Å². The molecule has 2 N–H and O–H groups in total. The largest absolute Gasteiger partial charge is 0.489 e. The van der Waals surface area contributed by atoms with Crippen LogP contribution in [0.5, 0.6) is 5.75 Å². The first kappa shape index (κ1) is 16.0. The lowest BCUT2D eigenvalue weighted by atomic mass is 10.0. The zero-order valence-corrected chi connectivity index (χ0v) is 12.4. The molecule has 0 spiro atoms. The van der Waals surface area contributed by atoms with E-state index in [4.69, 9.17) is 9.84 Å². The predicted octanol–water partition coefficient (Wildman–Crippen LogP) is 2.69. The smallest absolute Gasteiger partial charge is 0.123 e. The van der Waals surface area contributed by atoms with Crippen LogP contribution in [0, 0.1) is 6.92 Å². The van der Waals surface area contributed by atoms with E-state index in [9.17, 15) is 0 Å². The molecule has 1 aliphatic rings. The van der Waals surface area contributed by atoms with E-state index in [1.54, 1.807) is 0 Å². The SMILES string of the molecule is CC.Cc1ccc2c(c1)OC(CNCCCO)CC2. The lowest BCUT2D eigenvalue weighted by Crippen LogP contribution is -2.34.